The highest BCUT2D eigenvalue weighted by Crippen LogP contribution is 2.19. The van der Waals surface area contributed by atoms with Crippen molar-refractivity contribution in [3.63, 3.8) is 0 Å². The molecule has 1 atom stereocenters. The normalized spacial score (nSPS) is 13.2. The van der Waals surface area contributed by atoms with Crippen LogP contribution in [0.1, 0.15) is 37.8 Å². The van der Waals surface area contributed by atoms with Crippen molar-refractivity contribution in [2.45, 2.75) is 52.2 Å². The molecular weight excluding hydrogens is 266 g/mol. The molecule has 1 unspecified atom stereocenters. The third-order valence-electron chi connectivity index (χ3n) is 4.13. The van der Waals surface area contributed by atoms with Gasteiger partial charge in [0.25, 0.3) is 0 Å². The van der Waals surface area contributed by atoms with Crippen molar-refractivity contribution in [2.75, 3.05) is 19.8 Å². The fraction of sp³-hybridized carbons (Fsp3) is 0.647. The zero-order chi connectivity index (χ0) is 15.9. The number of benzene rings is 1. The highest BCUT2D eigenvalue weighted by Gasteiger charge is 2.25. The van der Waals surface area contributed by atoms with Crippen molar-refractivity contribution in [2.24, 2.45) is 0 Å². The first kappa shape index (κ1) is 18.0. The van der Waals surface area contributed by atoms with E-state index in [4.69, 9.17) is 4.74 Å². The molecule has 0 spiro atoms. The number of hydrogen-bond acceptors (Lipinski definition) is 4. The lowest BCUT2D eigenvalue weighted by molar-refractivity contribution is 0.0810. The Kier molecular flexibility index (Phi) is 7.15. The van der Waals surface area contributed by atoms with Gasteiger partial charge in [-0.05, 0) is 38.3 Å². The molecule has 1 rings (SSSR count). The third-order valence-corrected chi connectivity index (χ3v) is 4.13. The summed E-state index contributed by atoms with van der Waals surface area (Å²) in [5.41, 5.74) is 1.96. The Labute approximate surface area is 128 Å². The van der Waals surface area contributed by atoms with E-state index in [1.165, 1.54) is 5.56 Å². The Morgan fingerprint density at radius 1 is 1.24 bits per heavy atom. The van der Waals surface area contributed by atoms with Crippen molar-refractivity contribution in [3.05, 3.63) is 29.3 Å². The molecular formula is C17H29NO3. The molecule has 0 fully saturated rings. The minimum absolute atomic E-state index is 0.0741. The molecule has 0 aromatic heterocycles. The number of β-amino-alcohol motifs (C(OH)–C–C–N with tert-alkyl or cyclic N) is 1. The summed E-state index contributed by atoms with van der Waals surface area (Å²) in [5, 5.41) is 22.8. The van der Waals surface area contributed by atoms with Gasteiger partial charge in [-0.15, -0.1) is 0 Å². The van der Waals surface area contributed by atoms with Gasteiger partial charge in [-0.25, -0.2) is 0 Å². The van der Waals surface area contributed by atoms with Crippen LogP contribution in [0.15, 0.2) is 18.2 Å². The van der Waals surface area contributed by atoms with Gasteiger partial charge in [0, 0.05) is 12.1 Å². The minimum atomic E-state index is -0.602. The van der Waals surface area contributed by atoms with Gasteiger partial charge in [0.1, 0.15) is 18.5 Å². The second kappa shape index (κ2) is 8.37. The van der Waals surface area contributed by atoms with Gasteiger partial charge in [0.05, 0.1) is 6.61 Å². The predicted octanol–water partition coefficient (Wildman–Crippen LogP) is 2.18. The Hall–Kier alpha value is -1.10. The molecule has 4 nitrogen and oxygen atoms in total. The Bertz CT molecular complexity index is 422. The maximum absolute atomic E-state index is 10.0. The summed E-state index contributed by atoms with van der Waals surface area (Å²) < 4.78 is 5.67. The molecule has 120 valence electrons. The van der Waals surface area contributed by atoms with Gasteiger partial charge in [0.15, 0.2) is 0 Å². The van der Waals surface area contributed by atoms with Gasteiger partial charge in [-0.1, -0.05) is 31.5 Å². The first-order valence-corrected chi connectivity index (χ1v) is 7.70. The monoisotopic (exact) mass is 295 g/mol. The van der Waals surface area contributed by atoms with Gasteiger partial charge >= 0.3 is 0 Å². The van der Waals surface area contributed by atoms with E-state index in [0.717, 1.165) is 24.2 Å². The highest BCUT2D eigenvalue weighted by molar-refractivity contribution is 5.35. The van der Waals surface area contributed by atoms with Crippen LogP contribution in [0, 0.1) is 13.8 Å². The second-order valence-corrected chi connectivity index (χ2v) is 5.76. The lowest BCUT2D eigenvalue weighted by Gasteiger charge is -2.32. The van der Waals surface area contributed by atoms with E-state index in [0.29, 0.717) is 6.54 Å². The summed E-state index contributed by atoms with van der Waals surface area (Å²) in [4.78, 5) is 0. The maximum Gasteiger partial charge on any atom is 0.122 e. The average Bonchev–Trinajstić information content (AvgIpc) is 2.48. The van der Waals surface area contributed by atoms with Crippen LogP contribution < -0.4 is 10.1 Å². The van der Waals surface area contributed by atoms with E-state index in [1.807, 2.05) is 39.8 Å². The SMILES string of the molecule is CCC(CC)(CO)NCC(O)COc1ccc(C)cc1C. The van der Waals surface area contributed by atoms with Crippen molar-refractivity contribution in [1.29, 1.82) is 0 Å². The average molecular weight is 295 g/mol. The largest absolute Gasteiger partial charge is 0.491 e. The van der Waals surface area contributed by atoms with E-state index in [9.17, 15) is 10.2 Å². The number of nitrogens with one attached hydrogen (secondary N) is 1. The van der Waals surface area contributed by atoms with Gasteiger partial charge in [-0.3, -0.25) is 0 Å². The number of rotatable bonds is 9. The van der Waals surface area contributed by atoms with Crippen molar-refractivity contribution in [3.8, 4) is 5.75 Å². The summed E-state index contributed by atoms with van der Waals surface area (Å²) in [6.07, 6.45) is 1.05. The number of ether oxygens (including phenoxy) is 1. The minimum Gasteiger partial charge on any atom is -0.491 e. The van der Waals surface area contributed by atoms with E-state index in [1.54, 1.807) is 0 Å². The van der Waals surface area contributed by atoms with Gasteiger partial charge < -0.3 is 20.3 Å². The summed E-state index contributed by atoms with van der Waals surface area (Å²) in [6.45, 7) is 8.83. The Morgan fingerprint density at radius 3 is 2.43 bits per heavy atom. The van der Waals surface area contributed by atoms with Crippen LogP contribution in [-0.2, 0) is 0 Å². The Balaban J connectivity index is 2.45. The molecule has 0 aliphatic rings. The van der Waals surface area contributed by atoms with Crippen LogP contribution in [0.5, 0.6) is 5.75 Å². The standard InChI is InChI=1S/C17H29NO3/c1-5-17(6-2,12-19)18-10-15(20)11-21-16-8-7-13(3)9-14(16)4/h7-9,15,18-20H,5-6,10-12H2,1-4H3. The third kappa shape index (κ3) is 5.30. The van der Waals surface area contributed by atoms with Crippen molar-refractivity contribution >= 4 is 0 Å². The predicted molar refractivity (Wildman–Crippen MR) is 85.8 cm³/mol. The van der Waals surface area contributed by atoms with Crippen LogP contribution in [0.3, 0.4) is 0 Å². The molecule has 0 saturated carbocycles. The van der Waals surface area contributed by atoms with Crippen LogP contribution in [0.25, 0.3) is 0 Å². The number of aliphatic hydroxyl groups is 2. The molecule has 3 N–H and O–H groups in total. The van der Waals surface area contributed by atoms with Crippen molar-refractivity contribution < 1.29 is 14.9 Å². The van der Waals surface area contributed by atoms with Crippen molar-refractivity contribution in [1.82, 2.24) is 5.32 Å². The first-order chi connectivity index (χ1) is 9.96. The van der Waals surface area contributed by atoms with Crippen LogP contribution in [-0.4, -0.2) is 41.6 Å². The van der Waals surface area contributed by atoms with E-state index in [-0.39, 0.29) is 18.8 Å². The fourth-order valence-corrected chi connectivity index (χ4v) is 2.32. The van der Waals surface area contributed by atoms with Crippen LogP contribution >= 0.6 is 0 Å². The van der Waals surface area contributed by atoms with E-state index >= 15 is 0 Å². The molecule has 0 bridgehead atoms. The quantitative estimate of drug-likeness (QED) is 0.653. The Morgan fingerprint density at radius 2 is 1.90 bits per heavy atom. The molecule has 21 heavy (non-hydrogen) atoms. The highest BCUT2D eigenvalue weighted by atomic mass is 16.5. The molecule has 0 aliphatic heterocycles. The smallest absolute Gasteiger partial charge is 0.122 e. The summed E-state index contributed by atoms with van der Waals surface area (Å²) in [5.74, 6) is 0.805. The van der Waals surface area contributed by atoms with E-state index < -0.39 is 6.10 Å². The molecule has 0 heterocycles. The molecule has 1 aromatic rings. The molecule has 4 heteroatoms. The number of aliphatic hydroxyl groups excluding tert-OH is 2. The van der Waals surface area contributed by atoms with Gasteiger partial charge in [-0.2, -0.15) is 0 Å². The number of aryl methyl sites for hydroxylation is 2. The second-order valence-electron chi connectivity index (χ2n) is 5.76. The summed E-state index contributed by atoms with van der Waals surface area (Å²) >= 11 is 0. The fourth-order valence-electron chi connectivity index (χ4n) is 2.32. The zero-order valence-corrected chi connectivity index (χ0v) is 13.6. The molecule has 0 aliphatic carbocycles. The first-order valence-electron chi connectivity index (χ1n) is 7.70. The molecule has 0 saturated heterocycles. The van der Waals surface area contributed by atoms with Crippen LogP contribution in [0.2, 0.25) is 0 Å². The maximum atomic E-state index is 10.0. The molecule has 0 amide bonds. The van der Waals surface area contributed by atoms with E-state index in [2.05, 4.69) is 11.4 Å². The number of hydrogen-bond donors (Lipinski definition) is 3. The summed E-state index contributed by atoms with van der Waals surface area (Å²) in [6, 6.07) is 5.99. The lowest BCUT2D eigenvalue weighted by Crippen LogP contribution is -2.50. The molecule has 0 radical (unpaired) electrons. The lowest BCUT2D eigenvalue weighted by atomic mass is 9.94. The molecule has 1 aromatic carbocycles. The topological polar surface area (TPSA) is 61.7 Å². The van der Waals surface area contributed by atoms with Gasteiger partial charge in [0.2, 0.25) is 0 Å². The zero-order valence-electron chi connectivity index (χ0n) is 13.6. The summed E-state index contributed by atoms with van der Waals surface area (Å²) in [7, 11) is 0. The van der Waals surface area contributed by atoms with Crippen LogP contribution in [0.4, 0.5) is 0 Å².